The maximum Gasteiger partial charge on any atom is 0.261 e. The molecule has 1 amide bonds. The Bertz CT molecular complexity index is 1030. The van der Waals surface area contributed by atoms with E-state index in [9.17, 15) is 13.2 Å². The fourth-order valence-electron chi connectivity index (χ4n) is 2.57. The summed E-state index contributed by atoms with van der Waals surface area (Å²) < 4.78 is 27.5. The molecular weight excluding hydrogens is 374 g/mol. The number of anilines is 1. The lowest BCUT2D eigenvalue weighted by Gasteiger charge is -2.09. The molecule has 3 aromatic rings. The summed E-state index contributed by atoms with van der Waals surface area (Å²) in [6.45, 7) is 2.38. The third-order valence-corrected chi connectivity index (χ3v) is 5.52. The van der Waals surface area contributed by atoms with Crippen molar-refractivity contribution in [2.24, 2.45) is 0 Å². The third-order valence-electron chi connectivity index (χ3n) is 4.12. The van der Waals surface area contributed by atoms with Crippen molar-refractivity contribution in [3.63, 3.8) is 0 Å². The van der Waals surface area contributed by atoms with Crippen LogP contribution in [0.4, 0.5) is 5.69 Å². The van der Waals surface area contributed by atoms with E-state index in [4.69, 9.17) is 0 Å². The molecule has 2 aromatic carbocycles. The summed E-state index contributed by atoms with van der Waals surface area (Å²) >= 11 is 0. The lowest BCUT2D eigenvalue weighted by molar-refractivity contribution is 0.0954. The molecule has 0 fully saturated rings. The van der Waals surface area contributed by atoms with Gasteiger partial charge in [0.1, 0.15) is 0 Å². The Hall–Kier alpha value is -3.19. The zero-order valence-corrected chi connectivity index (χ0v) is 16.2. The average Bonchev–Trinajstić information content (AvgIpc) is 2.70. The highest BCUT2D eigenvalue weighted by molar-refractivity contribution is 7.92. The minimum atomic E-state index is -3.71. The van der Waals surface area contributed by atoms with Crippen LogP contribution in [0.15, 0.2) is 77.8 Å². The van der Waals surface area contributed by atoms with Crippen LogP contribution in [-0.2, 0) is 16.4 Å². The van der Waals surface area contributed by atoms with Gasteiger partial charge in [-0.3, -0.25) is 14.5 Å². The van der Waals surface area contributed by atoms with Gasteiger partial charge in [0.25, 0.3) is 15.9 Å². The molecule has 0 unspecified atom stereocenters. The van der Waals surface area contributed by atoms with Gasteiger partial charge in [0.2, 0.25) is 0 Å². The van der Waals surface area contributed by atoms with Gasteiger partial charge in [0, 0.05) is 36.1 Å². The summed E-state index contributed by atoms with van der Waals surface area (Å²) in [5.74, 6) is -0.258. The molecule has 0 atom stereocenters. The monoisotopic (exact) mass is 395 g/mol. The molecule has 0 aliphatic carbocycles. The summed E-state index contributed by atoms with van der Waals surface area (Å²) in [7, 11) is -3.71. The number of carbonyl (C=O) groups is 1. The molecule has 0 aliphatic rings. The zero-order chi connectivity index (χ0) is 20.0. The Morgan fingerprint density at radius 2 is 1.68 bits per heavy atom. The second-order valence-electron chi connectivity index (χ2n) is 6.32. The van der Waals surface area contributed by atoms with Crippen molar-refractivity contribution in [2.45, 2.75) is 18.2 Å². The van der Waals surface area contributed by atoms with Crippen molar-refractivity contribution in [3.8, 4) is 0 Å². The maximum atomic E-state index is 12.5. The number of hydrogen-bond acceptors (Lipinski definition) is 4. The van der Waals surface area contributed by atoms with Gasteiger partial charge in [-0.1, -0.05) is 23.8 Å². The highest BCUT2D eigenvalue weighted by Gasteiger charge is 2.15. The largest absolute Gasteiger partial charge is 0.352 e. The summed E-state index contributed by atoms with van der Waals surface area (Å²) in [6, 6.07) is 18.5. The standard InChI is InChI=1S/C21H21N3O3S/c1-16-5-9-19(10-6-16)24-28(26,27)20-11-7-17(8-12-20)21(25)23-15-13-18-4-2-3-14-22-18/h2-12,14,24H,13,15H2,1H3,(H,23,25). The summed E-state index contributed by atoms with van der Waals surface area (Å²) in [6.07, 6.45) is 2.33. The second kappa shape index (κ2) is 8.67. The van der Waals surface area contributed by atoms with Crippen molar-refractivity contribution in [3.05, 3.63) is 89.7 Å². The van der Waals surface area contributed by atoms with Gasteiger partial charge < -0.3 is 5.32 Å². The fourth-order valence-corrected chi connectivity index (χ4v) is 3.63. The number of nitrogens with one attached hydrogen (secondary N) is 2. The van der Waals surface area contributed by atoms with E-state index in [1.807, 2.05) is 37.3 Å². The van der Waals surface area contributed by atoms with E-state index in [0.717, 1.165) is 11.3 Å². The van der Waals surface area contributed by atoms with Crippen LogP contribution >= 0.6 is 0 Å². The lowest BCUT2D eigenvalue weighted by Crippen LogP contribution is -2.26. The van der Waals surface area contributed by atoms with Gasteiger partial charge in [0.15, 0.2) is 0 Å². The number of nitrogens with zero attached hydrogens (tertiary/aromatic N) is 1. The number of benzene rings is 2. The molecule has 0 saturated heterocycles. The Morgan fingerprint density at radius 3 is 2.32 bits per heavy atom. The van der Waals surface area contributed by atoms with Gasteiger partial charge in [-0.2, -0.15) is 0 Å². The van der Waals surface area contributed by atoms with E-state index in [0.29, 0.717) is 24.2 Å². The van der Waals surface area contributed by atoms with Crippen molar-refractivity contribution < 1.29 is 13.2 Å². The summed E-state index contributed by atoms with van der Waals surface area (Å²) in [5.41, 5.74) is 2.82. The smallest absolute Gasteiger partial charge is 0.261 e. The molecule has 0 bridgehead atoms. The van der Waals surface area contributed by atoms with Gasteiger partial charge in [-0.15, -0.1) is 0 Å². The summed E-state index contributed by atoms with van der Waals surface area (Å²) in [4.78, 5) is 16.5. The Balaban J connectivity index is 1.60. The quantitative estimate of drug-likeness (QED) is 0.643. The second-order valence-corrected chi connectivity index (χ2v) is 8.01. The van der Waals surface area contributed by atoms with Gasteiger partial charge in [0.05, 0.1) is 4.90 Å². The van der Waals surface area contributed by atoms with E-state index >= 15 is 0 Å². The van der Waals surface area contributed by atoms with E-state index in [2.05, 4.69) is 15.0 Å². The highest BCUT2D eigenvalue weighted by Crippen LogP contribution is 2.17. The number of pyridine rings is 1. The number of amides is 1. The minimum Gasteiger partial charge on any atom is -0.352 e. The molecule has 1 aromatic heterocycles. The Kier molecular flexibility index (Phi) is 6.06. The van der Waals surface area contributed by atoms with Crippen LogP contribution < -0.4 is 10.0 Å². The van der Waals surface area contributed by atoms with E-state index in [1.54, 1.807) is 18.3 Å². The van der Waals surface area contributed by atoms with Crippen molar-refractivity contribution in [2.75, 3.05) is 11.3 Å². The molecule has 2 N–H and O–H groups in total. The predicted octanol–water partition coefficient (Wildman–Crippen LogP) is 3.16. The van der Waals surface area contributed by atoms with Crippen LogP contribution in [0.2, 0.25) is 0 Å². The Labute approximate surface area is 164 Å². The number of sulfonamides is 1. The molecule has 6 nitrogen and oxygen atoms in total. The topological polar surface area (TPSA) is 88.2 Å². The molecule has 144 valence electrons. The van der Waals surface area contributed by atoms with Crippen LogP contribution in [0.25, 0.3) is 0 Å². The molecule has 0 saturated carbocycles. The molecule has 3 rings (SSSR count). The van der Waals surface area contributed by atoms with Crippen LogP contribution in [0.3, 0.4) is 0 Å². The fraction of sp³-hybridized carbons (Fsp3) is 0.143. The number of hydrogen-bond donors (Lipinski definition) is 2. The predicted molar refractivity (Wildman–Crippen MR) is 109 cm³/mol. The molecule has 7 heteroatoms. The van der Waals surface area contributed by atoms with Gasteiger partial charge in [-0.05, 0) is 55.5 Å². The van der Waals surface area contributed by atoms with Gasteiger partial charge >= 0.3 is 0 Å². The maximum absolute atomic E-state index is 12.5. The molecular formula is C21H21N3O3S. The van der Waals surface area contributed by atoms with Crippen LogP contribution in [0, 0.1) is 6.92 Å². The highest BCUT2D eigenvalue weighted by atomic mass is 32.2. The normalized spacial score (nSPS) is 11.0. The molecule has 0 radical (unpaired) electrons. The van der Waals surface area contributed by atoms with Crippen molar-refractivity contribution >= 4 is 21.6 Å². The molecule has 28 heavy (non-hydrogen) atoms. The zero-order valence-electron chi connectivity index (χ0n) is 15.4. The summed E-state index contributed by atoms with van der Waals surface area (Å²) in [5, 5.41) is 2.81. The van der Waals surface area contributed by atoms with E-state index in [1.165, 1.54) is 24.3 Å². The molecule has 0 spiro atoms. The first-order valence-electron chi connectivity index (χ1n) is 8.82. The SMILES string of the molecule is Cc1ccc(NS(=O)(=O)c2ccc(C(=O)NCCc3ccccn3)cc2)cc1. The first-order valence-corrected chi connectivity index (χ1v) is 10.3. The van der Waals surface area contributed by atoms with Crippen LogP contribution in [-0.4, -0.2) is 25.9 Å². The van der Waals surface area contributed by atoms with Crippen molar-refractivity contribution in [1.82, 2.24) is 10.3 Å². The number of aromatic nitrogens is 1. The number of carbonyl (C=O) groups excluding carboxylic acids is 1. The van der Waals surface area contributed by atoms with E-state index in [-0.39, 0.29) is 10.8 Å². The molecule has 0 aliphatic heterocycles. The lowest BCUT2D eigenvalue weighted by atomic mass is 10.2. The first-order chi connectivity index (χ1) is 13.4. The van der Waals surface area contributed by atoms with Crippen molar-refractivity contribution in [1.29, 1.82) is 0 Å². The third kappa shape index (κ3) is 5.17. The first kappa shape index (κ1) is 19.6. The number of aryl methyl sites for hydroxylation is 1. The van der Waals surface area contributed by atoms with Crippen LogP contribution in [0.5, 0.6) is 0 Å². The average molecular weight is 395 g/mol. The molecule has 1 heterocycles. The van der Waals surface area contributed by atoms with Crippen LogP contribution in [0.1, 0.15) is 21.6 Å². The van der Waals surface area contributed by atoms with Gasteiger partial charge in [-0.25, -0.2) is 8.42 Å². The van der Waals surface area contributed by atoms with E-state index < -0.39 is 10.0 Å². The minimum absolute atomic E-state index is 0.0955. The number of rotatable bonds is 7. The Morgan fingerprint density at radius 1 is 0.964 bits per heavy atom.